The molecule has 2 aromatic rings. The van der Waals surface area contributed by atoms with Crippen LogP contribution < -0.4 is 15.5 Å². The zero-order chi connectivity index (χ0) is 16.7. The van der Waals surface area contributed by atoms with Crippen LogP contribution in [-0.2, 0) is 4.79 Å². The van der Waals surface area contributed by atoms with Gasteiger partial charge in [-0.2, -0.15) is 5.10 Å². The predicted octanol–water partition coefficient (Wildman–Crippen LogP) is 3.30. The van der Waals surface area contributed by atoms with Gasteiger partial charge in [-0.05, 0) is 36.8 Å². The molecule has 0 aliphatic carbocycles. The van der Waals surface area contributed by atoms with Crippen molar-refractivity contribution in [2.24, 2.45) is 5.10 Å². The lowest BCUT2D eigenvalue weighted by Gasteiger charge is -2.15. The van der Waals surface area contributed by atoms with E-state index in [1.165, 1.54) is 0 Å². The number of rotatable bonds is 6. The van der Waals surface area contributed by atoms with Crippen molar-refractivity contribution in [2.45, 2.75) is 13.0 Å². The van der Waals surface area contributed by atoms with Crippen LogP contribution in [0.4, 0.5) is 5.69 Å². The molecule has 2 rings (SSSR count). The van der Waals surface area contributed by atoms with E-state index in [0.29, 0.717) is 10.8 Å². The van der Waals surface area contributed by atoms with Crippen LogP contribution in [0.25, 0.3) is 0 Å². The van der Waals surface area contributed by atoms with Crippen LogP contribution in [0, 0.1) is 0 Å². The van der Waals surface area contributed by atoms with E-state index < -0.39 is 6.04 Å². The molecule has 1 atom stereocenters. The first-order valence-corrected chi connectivity index (χ1v) is 7.46. The van der Waals surface area contributed by atoms with Crippen LogP contribution >= 0.6 is 11.6 Å². The summed E-state index contributed by atoms with van der Waals surface area (Å²) in [5, 5.41) is 7.64. The zero-order valence-corrected chi connectivity index (χ0v) is 13.7. The number of hydrogen-bond acceptors (Lipinski definition) is 4. The topological polar surface area (TPSA) is 62.7 Å². The van der Waals surface area contributed by atoms with Crippen molar-refractivity contribution in [1.82, 2.24) is 5.43 Å². The maximum Gasteiger partial charge on any atom is 0.262 e. The molecule has 0 aliphatic heterocycles. The standard InChI is InChI=1S/C17H18ClN3O2/c1-12(20-15-8-3-4-9-16(15)23-2)17(22)21-19-11-13-6-5-7-14(18)10-13/h3-12,20H,1-2H3,(H,21,22)/b19-11-/t12-/m1/s1. The molecule has 120 valence electrons. The highest BCUT2D eigenvalue weighted by Gasteiger charge is 2.13. The Morgan fingerprint density at radius 2 is 2.04 bits per heavy atom. The van der Waals surface area contributed by atoms with Crippen molar-refractivity contribution in [3.8, 4) is 5.75 Å². The van der Waals surface area contributed by atoms with Gasteiger partial charge in [-0.25, -0.2) is 5.43 Å². The van der Waals surface area contributed by atoms with Gasteiger partial charge in [-0.1, -0.05) is 35.9 Å². The second-order valence-electron chi connectivity index (χ2n) is 4.86. The number of carbonyl (C=O) groups excluding carboxylic acids is 1. The number of halogens is 1. The maximum absolute atomic E-state index is 12.0. The van der Waals surface area contributed by atoms with Crippen LogP contribution in [-0.4, -0.2) is 25.3 Å². The molecule has 6 heteroatoms. The third kappa shape index (κ3) is 5.00. The summed E-state index contributed by atoms with van der Waals surface area (Å²) in [6.07, 6.45) is 1.54. The minimum atomic E-state index is -0.470. The summed E-state index contributed by atoms with van der Waals surface area (Å²) >= 11 is 5.88. The first kappa shape index (κ1) is 16.8. The maximum atomic E-state index is 12.0. The average Bonchev–Trinajstić information content (AvgIpc) is 2.55. The minimum absolute atomic E-state index is 0.255. The molecule has 0 saturated carbocycles. The van der Waals surface area contributed by atoms with Crippen molar-refractivity contribution in [1.29, 1.82) is 0 Å². The van der Waals surface area contributed by atoms with Crippen molar-refractivity contribution < 1.29 is 9.53 Å². The fourth-order valence-corrected chi connectivity index (χ4v) is 2.12. The molecule has 0 aliphatic rings. The molecular weight excluding hydrogens is 314 g/mol. The van der Waals surface area contributed by atoms with E-state index in [4.69, 9.17) is 16.3 Å². The van der Waals surface area contributed by atoms with E-state index in [2.05, 4.69) is 15.8 Å². The number of hydrogen-bond donors (Lipinski definition) is 2. The van der Waals surface area contributed by atoms with E-state index in [0.717, 1.165) is 11.3 Å². The van der Waals surface area contributed by atoms with Crippen LogP contribution in [0.15, 0.2) is 53.6 Å². The van der Waals surface area contributed by atoms with Crippen molar-refractivity contribution in [3.63, 3.8) is 0 Å². The summed E-state index contributed by atoms with van der Waals surface area (Å²) in [4.78, 5) is 12.0. The molecule has 0 fully saturated rings. The third-order valence-corrected chi connectivity index (χ3v) is 3.34. The molecule has 0 spiro atoms. The Balaban J connectivity index is 1.92. The molecule has 0 bridgehead atoms. The molecule has 5 nitrogen and oxygen atoms in total. The number of benzene rings is 2. The van der Waals surface area contributed by atoms with Crippen molar-refractivity contribution in [3.05, 3.63) is 59.1 Å². The molecule has 2 N–H and O–H groups in total. The van der Waals surface area contributed by atoms with E-state index in [1.807, 2.05) is 36.4 Å². The summed E-state index contributed by atoms with van der Waals surface area (Å²) in [6.45, 7) is 1.75. The molecule has 0 unspecified atom stereocenters. The lowest BCUT2D eigenvalue weighted by molar-refractivity contribution is -0.121. The predicted molar refractivity (Wildman–Crippen MR) is 93.3 cm³/mol. The highest BCUT2D eigenvalue weighted by Crippen LogP contribution is 2.23. The van der Waals surface area contributed by atoms with Gasteiger partial charge < -0.3 is 10.1 Å². The number of hydrazone groups is 1. The summed E-state index contributed by atoms with van der Waals surface area (Å²) < 4.78 is 5.24. The van der Waals surface area contributed by atoms with Crippen LogP contribution in [0.2, 0.25) is 5.02 Å². The number of anilines is 1. The minimum Gasteiger partial charge on any atom is -0.495 e. The third-order valence-electron chi connectivity index (χ3n) is 3.11. The molecule has 0 aromatic heterocycles. The van der Waals surface area contributed by atoms with Gasteiger partial charge in [-0.15, -0.1) is 0 Å². The van der Waals surface area contributed by atoms with E-state index in [1.54, 1.807) is 32.4 Å². The number of para-hydroxylation sites is 2. The lowest BCUT2D eigenvalue weighted by atomic mass is 10.2. The summed E-state index contributed by atoms with van der Waals surface area (Å²) in [6, 6.07) is 14.1. The smallest absolute Gasteiger partial charge is 0.262 e. The van der Waals surface area contributed by atoms with Gasteiger partial charge in [0.2, 0.25) is 0 Å². The summed E-state index contributed by atoms with van der Waals surface area (Å²) in [7, 11) is 1.58. The summed E-state index contributed by atoms with van der Waals surface area (Å²) in [5.41, 5.74) is 4.05. The number of amides is 1. The van der Waals surface area contributed by atoms with Crippen LogP contribution in [0.5, 0.6) is 5.75 Å². The van der Waals surface area contributed by atoms with Crippen molar-refractivity contribution >= 4 is 29.4 Å². The molecule has 1 amide bonds. The first-order valence-electron chi connectivity index (χ1n) is 7.08. The fraction of sp³-hybridized carbons (Fsp3) is 0.176. The van der Waals surface area contributed by atoms with Crippen molar-refractivity contribution in [2.75, 3.05) is 12.4 Å². The largest absolute Gasteiger partial charge is 0.495 e. The Morgan fingerprint density at radius 1 is 1.26 bits per heavy atom. The highest BCUT2D eigenvalue weighted by molar-refractivity contribution is 6.30. The Bertz CT molecular complexity index is 704. The quantitative estimate of drug-likeness (QED) is 0.630. The SMILES string of the molecule is COc1ccccc1N[C@H](C)C(=O)N/N=C\c1cccc(Cl)c1. The zero-order valence-electron chi connectivity index (χ0n) is 12.9. The molecule has 23 heavy (non-hydrogen) atoms. The number of methoxy groups -OCH3 is 1. The molecule has 0 saturated heterocycles. The fourth-order valence-electron chi connectivity index (χ4n) is 1.92. The number of carbonyl (C=O) groups is 1. The van der Waals surface area contributed by atoms with Gasteiger partial charge in [0, 0.05) is 5.02 Å². The van der Waals surface area contributed by atoms with Gasteiger partial charge in [-0.3, -0.25) is 4.79 Å². The first-order chi connectivity index (χ1) is 11.1. The average molecular weight is 332 g/mol. The molecular formula is C17H18ClN3O2. The lowest BCUT2D eigenvalue weighted by Crippen LogP contribution is -2.35. The van der Waals surface area contributed by atoms with E-state index in [-0.39, 0.29) is 5.91 Å². The summed E-state index contributed by atoms with van der Waals surface area (Å²) in [5.74, 6) is 0.420. The Morgan fingerprint density at radius 3 is 2.78 bits per heavy atom. The normalized spacial score (nSPS) is 12.0. The Labute approximate surface area is 140 Å². The van der Waals surface area contributed by atoms with Crippen LogP contribution in [0.1, 0.15) is 12.5 Å². The van der Waals surface area contributed by atoms with Gasteiger partial charge >= 0.3 is 0 Å². The molecule has 0 radical (unpaired) electrons. The second kappa shape index (κ2) is 8.19. The van der Waals surface area contributed by atoms with Gasteiger partial charge in [0.15, 0.2) is 0 Å². The van der Waals surface area contributed by atoms with Gasteiger partial charge in [0.05, 0.1) is 19.0 Å². The molecule has 2 aromatic carbocycles. The molecule has 0 heterocycles. The van der Waals surface area contributed by atoms with Gasteiger partial charge in [0.1, 0.15) is 11.8 Å². The Hall–Kier alpha value is -2.53. The monoisotopic (exact) mass is 331 g/mol. The van der Waals surface area contributed by atoms with Crippen LogP contribution in [0.3, 0.4) is 0 Å². The van der Waals surface area contributed by atoms with Gasteiger partial charge in [0.25, 0.3) is 5.91 Å². The highest BCUT2D eigenvalue weighted by atomic mass is 35.5. The number of ether oxygens (including phenoxy) is 1. The van der Waals surface area contributed by atoms with E-state index in [9.17, 15) is 4.79 Å². The Kier molecular flexibility index (Phi) is 6.00. The van der Waals surface area contributed by atoms with E-state index >= 15 is 0 Å². The number of nitrogens with one attached hydrogen (secondary N) is 2. The second-order valence-corrected chi connectivity index (χ2v) is 5.29. The number of nitrogens with zero attached hydrogens (tertiary/aromatic N) is 1.